The van der Waals surface area contributed by atoms with E-state index in [9.17, 15) is 34.5 Å². The van der Waals surface area contributed by atoms with E-state index in [4.69, 9.17) is 5.73 Å². The molecule has 8 N–H and O–H groups in total. The highest BCUT2D eigenvalue weighted by molar-refractivity contribution is 5.94. The predicted octanol–water partition coefficient (Wildman–Crippen LogP) is 0.0805. The van der Waals surface area contributed by atoms with Crippen molar-refractivity contribution in [2.45, 2.75) is 63.9 Å². The Labute approximate surface area is 221 Å². The summed E-state index contributed by atoms with van der Waals surface area (Å²) >= 11 is 0. The van der Waals surface area contributed by atoms with E-state index in [-0.39, 0.29) is 24.5 Å². The lowest BCUT2D eigenvalue weighted by atomic mass is 10.0. The van der Waals surface area contributed by atoms with E-state index < -0.39 is 54.0 Å². The fourth-order valence-corrected chi connectivity index (χ4v) is 3.62. The van der Waals surface area contributed by atoms with E-state index in [0.717, 1.165) is 0 Å². The molecule has 5 unspecified atom stereocenters. The molecule has 0 bridgehead atoms. The van der Waals surface area contributed by atoms with Crippen LogP contribution in [0.5, 0.6) is 5.75 Å². The van der Waals surface area contributed by atoms with Crippen LogP contribution in [0.4, 0.5) is 0 Å². The third kappa shape index (κ3) is 9.16. The van der Waals surface area contributed by atoms with Crippen molar-refractivity contribution in [1.82, 2.24) is 16.0 Å². The molecule has 3 amide bonds. The molecule has 206 valence electrons. The van der Waals surface area contributed by atoms with Crippen molar-refractivity contribution in [3.05, 3.63) is 65.7 Å². The Morgan fingerprint density at radius 2 is 1.24 bits per heavy atom. The first-order valence-electron chi connectivity index (χ1n) is 12.3. The Kier molecular flexibility index (Phi) is 11.2. The Balaban J connectivity index is 2.33. The molecule has 0 heterocycles. The fraction of sp³-hybridized carbons (Fsp3) is 0.407. The topological polar surface area (TPSA) is 191 Å². The summed E-state index contributed by atoms with van der Waals surface area (Å²) in [4.78, 5) is 50.8. The van der Waals surface area contributed by atoms with Crippen molar-refractivity contribution in [1.29, 1.82) is 0 Å². The van der Waals surface area contributed by atoms with E-state index in [1.807, 2.05) is 0 Å². The normalized spacial score (nSPS) is 15.0. The van der Waals surface area contributed by atoms with Crippen molar-refractivity contribution < 1.29 is 34.5 Å². The van der Waals surface area contributed by atoms with Gasteiger partial charge in [0.25, 0.3) is 0 Å². The highest BCUT2D eigenvalue weighted by atomic mass is 16.4. The maximum Gasteiger partial charge on any atom is 0.328 e. The summed E-state index contributed by atoms with van der Waals surface area (Å²) in [6.07, 6.45) is -1.33. The van der Waals surface area contributed by atoms with Crippen molar-refractivity contribution >= 4 is 23.7 Å². The lowest BCUT2D eigenvalue weighted by Crippen LogP contribution is -2.59. The number of carbonyl (C=O) groups is 4. The number of amides is 3. The first-order valence-corrected chi connectivity index (χ1v) is 12.3. The van der Waals surface area contributed by atoms with Gasteiger partial charge in [-0.1, -0.05) is 56.3 Å². The van der Waals surface area contributed by atoms with Gasteiger partial charge in [-0.25, -0.2) is 4.79 Å². The zero-order valence-electron chi connectivity index (χ0n) is 21.6. The molecule has 5 atom stereocenters. The van der Waals surface area contributed by atoms with Gasteiger partial charge in [0, 0.05) is 12.8 Å². The molecule has 0 aliphatic carbocycles. The average molecular weight is 529 g/mol. The summed E-state index contributed by atoms with van der Waals surface area (Å²) in [7, 11) is 0. The number of aromatic hydroxyl groups is 1. The first-order chi connectivity index (χ1) is 17.9. The van der Waals surface area contributed by atoms with Gasteiger partial charge in [0.15, 0.2) is 6.04 Å². The van der Waals surface area contributed by atoms with Gasteiger partial charge in [-0.15, -0.1) is 0 Å². The first kappa shape index (κ1) is 30.3. The zero-order valence-corrected chi connectivity index (χ0v) is 21.6. The summed E-state index contributed by atoms with van der Waals surface area (Å²) < 4.78 is 0. The van der Waals surface area contributed by atoms with Gasteiger partial charge in [-0.3, -0.25) is 14.4 Å². The van der Waals surface area contributed by atoms with Gasteiger partial charge < -0.3 is 37.0 Å². The van der Waals surface area contributed by atoms with Crippen LogP contribution in [0.3, 0.4) is 0 Å². The van der Waals surface area contributed by atoms with E-state index in [1.54, 1.807) is 56.3 Å². The summed E-state index contributed by atoms with van der Waals surface area (Å²) in [5.74, 6) is -3.66. The van der Waals surface area contributed by atoms with Crippen molar-refractivity contribution in [2.24, 2.45) is 11.7 Å². The van der Waals surface area contributed by atoms with Gasteiger partial charge in [-0.2, -0.15) is 0 Å². The third-order valence-corrected chi connectivity index (χ3v) is 5.99. The number of aliphatic hydroxyl groups is 1. The molecular formula is C27H36N4O7. The molecule has 0 saturated heterocycles. The van der Waals surface area contributed by atoms with Crippen LogP contribution in [-0.2, 0) is 32.0 Å². The molecule has 2 rings (SSSR count). The number of phenols is 1. The lowest BCUT2D eigenvalue weighted by Gasteiger charge is -2.26. The second kappa shape index (κ2) is 14.1. The number of carbonyl (C=O) groups excluding carboxylic acids is 3. The van der Waals surface area contributed by atoms with Crippen molar-refractivity contribution in [3.63, 3.8) is 0 Å². The SMILES string of the molecule is CC(C)C(N)C(=O)NC(Cc1ccc(O)cc1)C(=O)NC(Cc1ccccc1)C(=O)NC(C(=O)O)C(C)O. The lowest BCUT2D eigenvalue weighted by molar-refractivity contribution is -0.145. The maximum atomic E-state index is 13.4. The predicted molar refractivity (Wildman–Crippen MR) is 140 cm³/mol. The molecule has 0 aliphatic heterocycles. The number of aliphatic hydroxyl groups excluding tert-OH is 1. The zero-order chi connectivity index (χ0) is 28.4. The summed E-state index contributed by atoms with van der Waals surface area (Å²) in [6, 6.07) is 10.0. The van der Waals surface area contributed by atoms with E-state index in [0.29, 0.717) is 11.1 Å². The van der Waals surface area contributed by atoms with E-state index in [1.165, 1.54) is 19.1 Å². The number of carboxylic acid groups (broad SMARTS) is 1. The molecular weight excluding hydrogens is 492 g/mol. The Morgan fingerprint density at radius 1 is 0.763 bits per heavy atom. The third-order valence-electron chi connectivity index (χ3n) is 5.99. The summed E-state index contributed by atoms with van der Waals surface area (Å²) in [5.41, 5.74) is 7.29. The van der Waals surface area contributed by atoms with Crippen LogP contribution in [0.15, 0.2) is 54.6 Å². The van der Waals surface area contributed by atoms with Crippen LogP contribution in [0, 0.1) is 5.92 Å². The minimum absolute atomic E-state index is 0.0238. The van der Waals surface area contributed by atoms with E-state index in [2.05, 4.69) is 16.0 Å². The van der Waals surface area contributed by atoms with Crippen LogP contribution in [0.1, 0.15) is 31.9 Å². The molecule has 0 radical (unpaired) electrons. The Bertz CT molecular complexity index is 1090. The molecule has 0 saturated carbocycles. The minimum atomic E-state index is -1.59. The minimum Gasteiger partial charge on any atom is -0.508 e. The highest BCUT2D eigenvalue weighted by Gasteiger charge is 2.32. The number of phenolic OH excluding ortho intramolecular Hbond substituents is 1. The van der Waals surface area contributed by atoms with Gasteiger partial charge in [0.05, 0.1) is 12.1 Å². The fourth-order valence-electron chi connectivity index (χ4n) is 3.62. The number of hydrogen-bond donors (Lipinski definition) is 7. The van der Waals surface area contributed by atoms with Crippen LogP contribution in [0.2, 0.25) is 0 Å². The number of nitrogens with two attached hydrogens (primary N) is 1. The molecule has 38 heavy (non-hydrogen) atoms. The largest absolute Gasteiger partial charge is 0.508 e. The average Bonchev–Trinajstić information content (AvgIpc) is 2.87. The summed E-state index contributed by atoms with van der Waals surface area (Å²) in [6.45, 7) is 4.76. The molecule has 2 aromatic carbocycles. The second-order valence-corrected chi connectivity index (χ2v) is 9.52. The molecule has 0 fully saturated rings. The van der Waals surface area contributed by atoms with E-state index >= 15 is 0 Å². The Morgan fingerprint density at radius 3 is 1.71 bits per heavy atom. The van der Waals surface area contributed by atoms with Crippen LogP contribution in [0.25, 0.3) is 0 Å². The van der Waals surface area contributed by atoms with Gasteiger partial charge in [0.2, 0.25) is 17.7 Å². The van der Waals surface area contributed by atoms with Crippen LogP contribution in [-0.4, -0.2) is 69.3 Å². The number of aliphatic carboxylic acids is 1. The number of hydrogen-bond acceptors (Lipinski definition) is 7. The summed E-state index contributed by atoms with van der Waals surface area (Å²) in [5, 5.41) is 36.3. The number of nitrogens with one attached hydrogen (secondary N) is 3. The monoisotopic (exact) mass is 528 g/mol. The molecule has 0 spiro atoms. The van der Waals surface area contributed by atoms with Crippen molar-refractivity contribution in [3.8, 4) is 5.75 Å². The van der Waals surface area contributed by atoms with Crippen LogP contribution >= 0.6 is 0 Å². The molecule has 0 aromatic heterocycles. The number of rotatable bonds is 13. The van der Waals surface area contributed by atoms with Gasteiger partial charge >= 0.3 is 5.97 Å². The van der Waals surface area contributed by atoms with Gasteiger partial charge in [-0.05, 0) is 36.1 Å². The number of benzene rings is 2. The molecule has 2 aromatic rings. The quantitative estimate of drug-likeness (QED) is 0.190. The highest BCUT2D eigenvalue weighted by Crippen LogP contribution is 2.13. The van der Waals surface area contributed by atoms with Gasteiger partial charge in [0.1, 0.15) is 17.8 Å². The number of carboxylic acids is 1. The molecule has 11 heteroatoms. The molecule has 0 aliphatic rings. The molecule has 11 nitrogen and oxygen atoms in total. The standard InChI is InChI=1S/C27H36N4O7/c1-15(2)22(28)26(36)30-20(14-18-9-11-19(33)12-10-18)24(34)29-21(13-17-7-5-4-6-8-17)25(35)31-23(16(3)32)27(37)38/h4-12,15-16,20-23,32-33H,13-14,28H2,1-3H3,(H,29,34)(H,30,36)(H,31,35)(H,37,38). The Hall–Kier alpha value is -3.96. The van der Waals surface area contributed by atoms with Crippen LogP contribution < -0.4 is 21.7 Å². The smallest absolute Gasteiger partial charge is 0.328 e. The van der Waals surface area contributed by atoms with Crippen molar-refractivity contribution in [2.75, 3.05) is 0 Å². The maximum absolute atomic E-state index is 13.4. The second-order valence-electron chi connectivity index (χ2n) is 9.52.